The van der Waals surface area contributed by atoms with Crippen LogP contribution in [-0.4, -0.2) is 30.4 Å². The Labute approximate surface area is 172 Å². The lowest BCUT2D eigenvalue weighted by Gasteiger charge is -2.12. The Morgan fingerprint density at radius 3 is 2.07 bits per heavy atom. The Hall–Kier alpha value is -2.20. The number of hydrogen-bond donors (Lipinski definition) is 2. The summed E-state index contributed by atoms with van der Waals surface area (Å²) in [5, 5.41) is 5.06. The third-order valence-electron chi connectivity index (χ3n) is 3.40. The van der Waals surface area contributed by atoms with E-state index in [2.05, 4.69) is 26.6 Å². The SMILES string of the molecule is COc1ccc(NC(=O)CSCC(=O)Nc2ccc(Br)c(C(F)(F)F)c2)cc1. The number of amides is 2. The van der Waals surface area contributed by atoms with E-state index in [4.69, 9.17) is 4.74 Å². The molecule has 10 heteroatoms. The fraction of sp³-hybridized carbons (Fsp3) is 0.222. The number of halogens is 4. The van der Waals surface area contributed by atoms with E-state index in [-0.39, 0.29) is 27.6 Å². The molecule has 2 rings (SSSR count). The van der Waals surface area contributed by atoms with Gasteiger partial charge in [0.25, 0.3) is 0 Å². The average molecular weight is 477 g/mol. The van der Waals surface area contributed by atoms with Gasteiger partial charge in [-0.1, -0.05) is 15.9 Å². The molecule has 0 radical (unpaired) electrons. The highest BCUT2D eigenvalue weighted by Crippen LogP contribution is 2.36. The van der Waals surface area contributed by atoms with Gasteiger partial charge in [-0.3, -0.25) is 9.59 Å². The fourth-order valence-electron chi connectivity index (χ4n) is 2.13. The zero-order valence-corrected chi connectivity index (χ0v) is 17.0. The highest BCUT2D eigenvalue weighted by Gasteiger charge is 2.33. The van der Waals surface area contributed by atoms with Crippen LogP contribution in [0.5, 0.6) is 5.75 Å². The number of anilines is 2. The van der Waals surface area contributed by atoms with E-state index in [9.17, 15) is 22.8 Å². The maximum Gasteiger partial charge on any atom is 0.417 e. The monoisotopic (exact) mass is 476 g/mol. The highest BCUT2D eigenvalue weighted by atomic mass is 79.9. The summed E-state index contributed by atoms with van der Waals surface area (Å²) in [6.45, 7) is 0. The molecule has 0 atom stereocenters. The predicted octanol–water partition coefficient (Wildman–Crippen LogP) is 4.79. The van der Waals surface area contributed by atoms with Crippen LogP contribution in [0.3, 0.4) is 0 Å². The number of thioether (sulfide) groups is 1. The molecular formula is C18H16BrF3N2O3S. The maximum absolute atomic E-state index is 12.9. The number of carbonyl (C=O) groups excluding carboxylic acids is 2. The quantitative estimate of drug-likeness (QED) is 0.602. The third-order valence-corrected chi connectivity index (χ3v) is 5.02. The van der Waals surface area contributed by atoms with E-state index < -0.39 is 17.6 Å². The second kappa shape index (κ2) is 9.83. The molecular weight excluding hydrogens is 461 g/mol. The first-order chi connectivity index (χ1) is 13.2. The molecule has 0 unspecified atom stereocenters. The van der Waals surface area contributed by atoms with Gasteiger partial charge in [0.05, 0.1) is 24.2 Å². The van der Waals surface area contributed by atoms with Crippen LogP contribution in [0.15, 0.2) is 46.9 Å². The van der Waals surface area contributed by atoms with Crippen LogP contribution >= 0.6 is 27.7 Å². The van der Waals surface area contributed by atoms with E-state index in [1.54, 1.807) is 24.3 Å². The second-order valence-electron chi connectivity index (χ2n) is 5.51. The van der Waals surface area contributed by atoms with Gasteiger partial charge in [0.15, 0.2) is 0 Å². The van der Waals surface area contributed by atoms with Crippen LogP contribution in [-0.2, 0) is 15.8 Å². The van der Waals surface area contributed by atoms with Gasteiger partial charge < -0.3 is 15.4 Å². The molecule has 0 saturated carbocycles. The van der Waals surface area contributed by atoms with Gasteiger partial charge in [0, 0.05) is 15.8 Å². The molecule has 0 aliphatic rings. The molecule has 0 saturated heterocycles. The smallest absolute Gasteiger partial charge is 0.417 e. The third kappa shape index (κ3) is 6.75. The zero-order valence-electron chi connectivity index (χ0n) is 14.6. The normalized spacial score (nSPS) is 11.0. The number of methoxy groups -OCH3 is 1. The first kappa shape index (κ1) is 22.1. The van der Waals surface area contributed by atoms with Crippen LogP contribution in [0.4, 0.5) is 24.5 Å². The molecule has 0 bridgehead atoms. The minimum Gasteiger partial charge on any atom is -0.497 e. The lowest BCUT2D eigenvalue weighted by atomic mass is 10.2. The second-order valence-corrected chi connectivity index (χ2v) is 7.35. The molecule has 2 amide bonds. The zero-order chi connectivity index (χ0) is 20.7. The molecule has 5 nitrogen and oxygen atoms in total. The van der Waals surface area contributed by atoms with Gasteiger partial charge in [-0.15, -0.1) is 11.8 Å². The Bertz CT molecular complexity index is 845. The molecule has 0 aliphatic carbocycles. The number of rotatable bonds is 7. The Morgan fingerprint density at radius 1 is 1.00 bits per heavy atom. The molecule has 150 valence electrons. The van der Waals surface area contributed by atoms with Crippen LogP contribution in [0.1, 0.15) is 5.56 Å². The summed E-state index contributed by atoms with van der Waals surface area (Å²) in [6, 6.07) is 10.2. The van der Waals surface area contributed by atoms with E-state index in [0.717, 1.165) is 17.8 Å². The number of carbonyl (C=O) groups is 2. The fourth-order valence-corrected chi connectivity index (χ4v) is 3.21. The van der Waals surface area contributed by atoms with Crippen molar-refractivity contribution in [3.63, 3.8) is 0 Å². The van der Waals surface area contributed by atoms with Gasteiger partial charge in [-0.05, 0) is 42.5 Å². The molecule has 28 heavy (non-hydrogen) atoms. The Balaban J connectivity index is 1.80. The summed E-state index contributed by atoms with van der Waals surface area (Å²) in [5.41, 5.74) is -0.258. The first-order valence-corrected chi connectivity index (χ1v) is 9.82. The van der Waals surface area contributed by atoms with Crippen LogP contribution < -0.4 is 15.4 Å². The van der Waals surface area contributed by atoms with Crippen molar-refractivity contribution in [2.24, 2.45) is 0 Å². The number of nitrogens with one attached hydrogen (secondary N) is 2. The molecule has 2 aromatic rings. The summed E-state index contributed by atoms with van der Waals surface area (Å²) >= 11 is 3.89. The van der Waals surface area contributed by atoms with Gasteiger partial charge in [-0.2, -0.15) is 13.2 Å². The van der Waals surface area contributed by atoms with Crippen molar-refractivity contribution in [3.8, 4) is 5.75 Å². The van der Waals surface area contributed by atoms with Gasteiger partial charge in [0.1, 0.15) is 5.75 Å². The lowest BCUT2D eigenvalue weighted by Crippen LogP contribution is -2.18. The number of ether oxygens (including phenoxy) is 1. The van der Waals surface area contributed by atoms with E-state index in [0.29, 0.717) is 11.4 Å². The number of benzene rings is 2. The largest absolute Gasteiger partial charge is 0.497 e. The molecule has 0 heterocycles. The van der Waals surface area contributed by atoms with Gasteiger partial charge in [-0.25, -0.2) is 0 Å². The van der Waals surface area contributed by atoms with Crippen molar-refractivity contribution in [2.75, 3.05) is 29.2 Å². The van der Waals surface area contributed by atoms with Crippen LogP contribution in [0.25, 0.3) is 0 Å². The summed E-state index contributed by atoms with van der Waals surface area (Å²) < 4.78 is 43.6. The van der Waals surface area contributed by atoms with Crippen molar-refractivity contribution in [1.29, 1.82) is 0 Å². The van der Waals surface area contributed by atoms with Crippen LogP contribution in [0, 0.1) is 0 Å². The first-order valence-electron chi connectivity index (χ1n) is 7.87. The molecule has 0 aromatic heterocycles. The van der Waals surface area contributed by atoms with Crippen molar-refractivity contribution >= 4 is 50.9 Å². The number of alkyl halides is 3. The van der Waals surface area contributed by atoms with Crippen molar-refractivity contribution in [2.45, 2.75) is 6.18 Å². The van der Waals surface area contributed by atoms with E-state index in [1.165, 1.54) is 19.2 Å². The molecule has 2 N–H and O–H groups in total. The standard InChI is InChI=1S/C18H16BrF3N2O3S/c1-27-13-5-2-11(3-6-13)23-16(25)9-28-10-17(26)24-12-4-7-15(19)14(8-12)18(20,21)22/h2-8H,9-10H2,1H3,(H,23,25)(H,24,26). The minimum absolute atomic E-state index is 0.0214. The summed E-state index contributed by atoms with van der Waals surface area (Å²) in [7, 11) is 1.54. The average Bonchev–Trinajstić information content (AvgIpc) is 2.63. The molecule has 0 spiro atoms. The van der Waals surface area contributed by atoms with Crippen molar-refractivity contribution in [3.05, 3.63) is 52.5 Å². The summed E-state index contributed by atoms with van der Waals surface area (Å²) in [5.74, 6) is -0.199. The number of hydrogen-bond acceptors (Lipinski definition) is 4. The van der Waals surface area contributed by atoms with Crippen molar-refractivity contribution in [1.82, 2.24) is 0 Å². The molecule has 0 aliphatic heterocycles. The minimum atomic E-state index is -4.53. The Kier molecular flexibility index (Phi) is 7.76. The van der Waals surface area contributed by atoms with Gasteiger partial charge in [0.2, 0.25) is 11.8 Å². The van der Waals surface area contributed by atoms with Crippen LogP contribution in [0.2, 0.25) is 0 Å². The molecule has 2 aromatic carbocycles. The Morgan fingerprint density at radius 2 is 1.54 bits per heavy atom. The van der Waals surface area contributed by atoms with Crippen molar-refractivity contribution < 1.29 is 27.5 Å². The highest BCUT2D eigenvalue weighted by molar-refractivity contribution is 9.10. The maximum atomic E-state index is 12.9. The topological polar surface area (TPSA) is 67.4 Å². The van der Waals surface area contributed by atoms with Gasteiger partial charge >= 0.3 is 6.18 Å². The lowest BCUT2D eigenvalue weighted by molar-refractivity contribution is -0.138. The summed E-state index contributed by atoms with van der Waals surface area (Å²) in [4.78, 5) is 23.8. The summed E-state index contributed by atoms with van der Waals surface area (Å²) in [6.07, 6.45) is -4.53. The van der Waals surface area contributed by atoms with E-state index >= 15 is 0 Å². The predicted molar refractivity (Wildman–Crippen MR) is 107 cm³/mol. The molecule has 0 fully saturated rings. The van der Waals surface area contributed by atoms with E-state index in [1.807, 2.05) is 0 Å².